The van der Waals surface area contributed by atoms with Gasteiger partial charge in [-0.05, 0) is 26.3 Å². The summed E-state index contributed by atoms with van der Waals surface area (Å²) >= 11 is 0. The summed E-state index contributed by atoms with van der Waals surface area (Å²) < 4.78 is 0. The predicted octanol–water partition coefficient (Wildman–Crippen LogP) is 1.69. The summed E-state index contributed by atoms with van der Waals surface area (Å²) in [5, 5.41) is 19.8. The van der Waals surface area contributed by atoms with E-state index in [1.807, 2.05) is 6.20 Å². The van der Waals surface area contributed by atoms with E-state index in [0.717, 1.165) is 37.3 Å². The Morgan fingerprint density at radius 2 is 2.27 bits per heavy atom. The van der Waals surface area contributed by atoms with Crippen LogP contribution in [0.1, 0.15) is 41.4 Å². The van der Waals surface area contributed by atoms with Gasteiger partial charge in [-0.3, -0.25) is 9.88 Å². The molecule has 2 aromatic heterocycles. The van der Waals surface area contributed by atoms with Crippen molar-refractivity contribution in [2.45, 2.75) is 38.8 Å². The van der Waals surface area contributed by atoms with Gasteiger partial charge in [0.2, 0.25) is 0 Å². The number of piperidine rings is 1. The van der Waals surface area contributed by atoms with Crippen molar-refractivity contribution in [1.82, 2.24) is 19.9 Å². The average molecular weight is 302 g/mol. The molecule has 0 bridgehead atoms. The van der Waals surface area contributed by atoms with Gasteiger partial charge in [0, 0.05) is 48.7 Å². The monoisotopic (exact) mass is 302 g/mol. The standard InChI is InChI=1S/C16H22N4O2/c1-11-15(22)14(13(10-21)7-19-11)9-20-6-2-3-12(8-20)16-17-4-5-18-16/h4-5,7,12,21-22H,2-3,6,8-10H2,1H3,(H,17,18)/t12-/m1/s1. The number of imidazole rings is 1. The van der Waals surface area contributed by atoms with Crippen molar-refractivity contribution in [3.63, 3.8) is 0 Å². The minimum atomic E-state index is -0.106. The number of aromatic nitrogens is 3. The third-order valence-electron chi connectivity index (χ3n) is 4.39. The molecule has 2 aromatic rings. The van der Waals surface area contributed by atoms with Crippen LogP contribution in [0.4, 0.5) is 0 Å². The highest BCUT2D eigenvalue weighted by molar-refractivity contribution is 5.40. The van der Waals surface area contributed by atoms with Crippen molar-refractivity contribution in [2.24, 2.45) is 0 Å². The molecule has 0 saturated carbocycles. The number of aromatic hydroxyl groups is 1. The van der Waals surface area contributed by atoms with Crippen LogP contribution < -0.4 is 0 Å². The lowest BCUT2D eigenvalue weighted by Gasteiger charge is -2.32. The number of H-pyrrole nitrogens is 1. The fourth-order valence-corrected chi connectivity index (χ4v) is 3.14. The van der Waals surface area contributed by atoms with Crippen LogP contribution in [0.25, 0.3) is 0 Å². The molecular formula is C16H22N4O2. The van der Waals surface area contributed by atoms with Crippen LogP contribution in [0.5, 0.6) is 5.75 Å². The van der Waals surface area contributed by atoms with E-state index in [9.17, 15) is 10.2 Å². The number of nitrogens with zero attached hydrogens (tertiary/aromatic N) is 3. The van der Waals surface area contributed by atoms with E-state index in [1.54, 1.807) is 19.3 Å². The first-order chi connectivity index (χ1) is 10.7. The number of aliphatic hydroxyl groups is 1. The van der Waals surface area contributed by atoms with Gasteiger partial charge in [-0.1, -0.05) is 0 Å². The van der Waals surface area contributed by atoms with Crippen molar-refractivity contribution >= 4 is 0 Å². The molecule has 0 aromatic carbocycles. The Labute approximate surface area is 129 Å². The lowest BCUT2D eigenvalue weighted by atomic mass is 9.96. The number of hydrogen-bond donors (Lipinski definition) is 3. The smallest absolute Gasteiger partial charge is 0.141 e. The van der Waals surface area contributed by atoms with Gasteiger partial charge in [0.1, 0.15) is 11.6 Å². The van der Waals surface area contributed by atoms with Crippen molar-refractivity contribution in [2.75, 3.05) is 13.1 Å². The van der Waals surface area contributed by atoms with Gasteiger partial charge >= 0.3 is 0 Å². The maximum atomic E-state index is 10.3. The molecule has 1 saturated heterocycles. The molecule has 0 amide bonds. The fraction of sp³-hybridized carbons (Fsp3) is 0.500. The molecule has 1 aliphatic rings. The molecule has 3 heterocycles. The summed E-state index contributed by atoms with van der Waals surface area (Å²) in [6, 6.07) is 0. The topological polar surface area (TPSA) is 85.3 Å². The van der Waals surface area contributed by atoms with Gasteiger partial charge in [0.15, 0.2) is 0 Å². The van der Waals surface area contributed by atoms with Gasteiger partial charge < -0.3 is 15.2 Å². The zero-order valence-corrected chi connectivity index (χ0v) is 12.8. The highest BCUT2D eigenvalue weighted by atomic mass is 16.3. The molecule has 0 aliphatic carbocycles. The van der Waals surface area contributed by atoms with Crippen LogP contribution >= 0.6 is 0 Å². The van der Waals surface area contributed by atoms with Crippen LogP contribution in [0.2, 0.25) is 0 Å². The fourth-order valence-electron chi connectivity index (χ4n) is 3.14. The van der Waals surface area contributed by atoms with Gasteiger partial charge in [-0.15, -0.1) is 0 Å². The maximum absolute atomic E-state index is 10.3. The van der Waals surface area contributed by atoms with Crippen molar-refractivity contribution < 1.29 is 10.2 Å². The van der Waals surface area contributed by atoms with Crippen molar-refractivity contribution in [3.8, 4) is 5.75 Å². The molecule has 6 nitrogen and oxygen atoms in total. The first-order valence-electron chi connectivity index (χ1n) is 7.68. The molecule has 3 N–H and O–H groups in total. The quantitative estimate of drug-likeness (QED) is 0.800. The van der Waals surface area contributed by atoms with E-state index in [2.05, 4.69) is 19.9 Å². The van der Waals surface area contributed by atoms with E-state index < -0.39 is 0 Å². The van der Waals surface area contributed by atoms with Crippen LogP contribution in [0.15, 0.2) is 18.6 Å². The number of aromatic amines is 1. The SMILES string of the molecule is Cc1ncc(CO)c(CN2CCC[C@@H](c3ncc[nH]3)C2)c1O. The zero-order valence-electron chi connectivity index (χ0n) is 12.8. The molecule has 6 heteroatoms. The predicted molar refractivity (Wildman–Crippen MR) is 82.4 cm³/mol. The van der Waals surface area contributed by atoms with Crippen LogP contribution in [-0.4, -0.2) is 43.2 Å². The second-order valence-corrected chi connectivity index (χ2v) is 5.90. The first kappa shape index (κ1) is 15.0. The Morgan fingerprint density at radius 3 is 3.00 bits per heavy atom. The molecule has 1 fully saturated rings. The Bertz CT molecular complexity index is 627. The number of aryl methyl sites for hydroxylation is 1. The Balaban J connectivity index is 1.77. The molecule has 22 heavy (non-hydrogen) atoms. The van der Waals surface area contributed by atoms with E-state index >= 15 is 0 Å². The Morgan fingerprint density at radius 1 is 1.41 bits per heavy atom. The lowest BCUT2D eigenvalue weighted by Crippen LogP contribution is -2.34. The van der Waals surface area contributed by atoms with E-state index in [0.29, 0.717) is 23.7 Å². The summed E-state index contributed by atoms with van der Waals surface area (Å²) in [4.78, 5) is 14.0. The highest BCUT2D eigenvalue weighted by Crippen LogP contribution is 2.29. The normalized spacial score (nSPS) is 19.5. The van der Waals surface area contributed by atoms with Gasteiger partial charge in [0.25, 0.3) is 0 Å². The van der Waals surface area contributed by atoms with Crippen molar-refractivity contribution in [1.29, 1.82) is 0 Å². The van der Waals surface area contributed by atoms with Crippen LogP contribution in [0, 0.1) is 6.92 Å². The second-order valence-electron chi connectivity index (χ2n) is 5.90. The summed E-state index contributed by atoms with van der Waals surface area (Å²) in [6.45, 7) is 4.19. The Kier molecular flexibility index (Phi) is 4.40. The van der Waals surface area contributed by atoms with Gasteiger partial charge in [0.05, 0.1) is 12.3 Å². The molecule has 1 aliphatic heterocycles. The molecule has 1 atom stereocenters. The van der Waals surface area contributed by atoms with E-state index in [-0.39, 0.29) is 12.4 Å². The van der Waals surface area contributed by atoms with Gasteiger partial charge in [-0.2, -0.15) is 0 Å². The highest BCUT2D eigenvalue weighted by Gasteiger charge is 2.24. The summed E-state index contributed by atoms with van der Waals surface area (Å²) in [6.07, 6.45) is 7.52. The van der Waals surface area contributed by atoms with Crippen LogP contribution in [0.3, 0.4) is 0 Å². The molecule has 0 spiro atoms. The Hall–Kier alpha value is -1.92. The summed E-state index contributed by atoms with van der Waals surface area (Å²) in [7, 11) is 0. The summed E-state index contributed by atoms with van der Waals surface area (Å²) in [5.41, 5.74) is 2.09. The summed E-state index contributed by atoms with van der Waals surface area (Å²) in [5.74, 6) is 1.63. The molecule has 3 rings (SSSR count). The minimum Gasteiger partial charge on any atom is -0.506 e. The van der Waals surface area contributed by atoms with Crippen molar-refractivity contribution in [3.05, 3.63) is 41.2 Å². The second kappa shape index (κ2) is 6.46. The van der Waals surface area contributed by atoms with Crippen LogP contribution in [-0.2, 0) is 13.2 Å². The number of likely N-dealkylation sites (tertiary alicyclic amines) is 1. The maximum Gasteiger partial charge on any atom is 0.141 e. The molecule has 0 unspecified atom stereocenters. The number of rotatable bonds is 4. The number of aliphatic hydroxyl groups excluding tert-OH is 1. The number of nitrogens with one attached hydrogen (secondary N) is 1. The molecular weight excluding hydrogens is 280 g/mol. The first-order valence-corrected chi connectivity index (χ1v) is 7.68. The van der Waals surface area contributed by atoms with E-state index in [1.165, 1.54) is 0 Å². The minimum absolute atomic E-state index is 0.106. The third-order valence-corrected chi connectivity index (χ3v) is 4.39. The molecule has 0 radical (unpaired) electrons. The number of pyridine rings is 1. The zero-order chi connectivity index (χ0) is 15.5. The lowest BCUT2D eigenvalue weighted by molar-refractivity contribution is 0.192. The van der Waals surface area contributed by atoms with Gasteiger partial charge in [-0.25, -0.2) is 4.98 Å². The third kappa shape index (κ3) is 2.98. The number of hydrogen-bond acceptors (Lipinski definition) is 5. The average Bonchev–Trinajstić information content (AvgIpc) is 3.07. The largest absolute Gasteiger partial charge is 0.506 e. The molecule has 118 valence electrons. The van der Waals surface area contributed by atoms with E-state index in [4.69, 9.17) is 0 Å².